The van der Waals surface area contributed by atoms with Gasteiger partial charge in [-0.2, -0.15) is 0 Å². The van der Waals surface area contributed by atoms with E-state index in [9.17, 15) is 13.5 Å². The summed E-state index contributed by atoms with van der Waals surface area (Å²) < 4.78 is 26.9. The maximum absolute atomic E-state index is 10.9. The van der Waals surface area contributed by atoms with Crippen molar-refractivity contribution in [2.75, 3.05) is 6.61 Å². The first-order chi connectivity index (χ1) is 6.45. The maximum Gasteiger partial charge on any atom is 0.238 e. The van der Waals surface area contributed by atoms with Crippen molar-refractivity contribution in [2.45, 2.75) is 11.8 Å². The first-order valence-corrected chi connectivity index (χ1v) is 5.48. The molecule has 1 rings (SSSR count). The van der Waals surface area contributed by atoms with Gasteiger partial charge in [0.25, 0.3) is 0 Å². The summed E-state index contributed by atoms with van der Waals surface area (Å²) >= 11 is 0. The van der Waals surface area contributed by atoms with Crippen LogP contribution in [0.15, 0.2) is 23.1 Å². The molecule has 6 heteroatoms. The number of nitrogens with two attached hydrogens (primary N) is 1. The van der Waals surface area contributed by atoms with Crippen molar-refractivity contribution in [1.29, 1.82) is 0 Å². The number of hydrogen-bond acceptors (Lipinski definition) is 4. The Morgan fingerprint density at radius 1 is 1.50 bits per heavy atom. The highest BCUT2D eigenvalue weighted by Gasteiger charge is 2.11. The van der Waals surface area contributed by atoms with E-state index in [1.165, 1.54) is 18.2 Å². The number of sulfonamides is 1. The molecular formula is C8H11NO4S. The molecule has 0 fully saturated rings. The van der Waals surface area contributed by atoms with Crippen molar-refractivity contribution in [1.82, 2.24) is 0 Å². The Bertz CT molecular complexity index is 427. The van der Waals surface area contributed by atoms with E-state index < -0.39 is 10.0 Å². The third kappa shape index (κ3) is 2.36. The van der Waals surface area contributed by atoms with Crippen LogP contribution in [0.25, 0.3) is 0 Å². The van der Waals surface area contributed by atoms with Crippen LogP contribution in [0.2, 0.25) is 0 Å². The van der Waals surface area contributed by atoms with E-state index in [1.54, 1.807) is 6.92 Å². The molecule has 14 heavy (non-hydrogen) atoms. The molecule has 0 unspecified atom stereocenters. The molecule has 0 spiro atoms. The Labute approximate surface area is 82.2 Å². The molecule has 5 nitrogen and oxygen atoms in total. The lowest BCUT2D eigenvalue weighted by Gasteiger charge is -2.06. The molecule has 0 bridgehead atoms. The van der Waals surface area contributed by atoms with Gasteiger partial charge in [0.2, 0.25) is 10.0 Å². The number of benzene rings is 1. The second-order valence-electron chi connectivity index (χ2n) is 2.61. The van der Waals surface area contributed by atoms with E-state index in [-0.39, 0.29) is 16.4 Å². The van der Waals surface area contributed by atoms with Crippen LogP contribution < -0.4 is 9.88 Å². The maximum atomic E-state index is 10.9. The molecule has 78 valence electrons. The molecule has 0 amide bonds. The number of primary sulfonamides is 1. The number of aromatic hydroxyl groups is 1. The molecule has 0 saturated carbocycles. The predicted molar refractivity (Wildman–Crippen MR) is 50.6 cm³/mol. The van der Waals surface area contributed by atoms with Gasteiger partial charge in [-0.3, -0.25) is 0 Å². The van der Waals surface area contributed by atoms with Gasteiger partial charge in [-0.1, -0.05) is 0 Å². The summed E-state index contributed by atoms with van der Waals surface area (Å²) in [6.45, 7) is 2.06. The first-order valence-electron chi connectivity index (χ1n) is 3.93. The van der Waals surface area contributed by atoms with Gasteiger partial charge in [0.1, 0.15) is 0 Å². The van der Waals surface area contributed by atoms with Gasteiger partial charge < -0.3 is 9.84 Å². The van der Waals surface area contributed by atoms with Gasteiger partial charge in [0, 0.05) is 6.07 Å². The van der Waals surface area contributed by atoms with Crippen molar-refractivity contribution < 1.29 is 18.3 Å². The summed E-state index contributed by atoms with van der Waals surface area (Å²) in [6.07, 6.45) is 0. The highest BCUT2D eigenvalue weighted by atomic mass is 32.2. The van der Waals surface area contributed by atoms with Gasteiger partial charge in [0.15, 0.2) is 11.5 Å². The zero-order valence-corrected chi connectivity index (χ0v) is 8.41. The van der Waals surface area contributed by atoms with Crippen LogP contribution in [0.5, 0.6) is 11.5 Å². The number of hydrogen-bond donors (Lipinski definition) is 2. The van der Waals surface area contributed by atoms with Crippen LogP contribution in [-0.2, 0) is 10.0 Å². The summed E-state index contributed by atoms with van der Waals surface area (Å²) in [7, 11) is -3.75. The summed E-state index contributed by atoms with van der Waals surface area (Å²) in [5, 5.41) is 14.2. The fourth-order valence-electron chi connectivity index (χ4n) is 0.943. The minimum Gasteiger partial charge on any atom is -0.504 e. The average molecular weight is 217 g/mol. The van der Waals surface area contributed by atoms with E-state index in [2.05, 4.69) is 0 Å². The molecule has 0 saturated heterocycles. The van der Waals surface area contributed by atoms with Crippen LogP contribution in [0.1, 0.15) is 6.92 Å². The lowest BCUT2D eigenvalue weighted by Crippen LogP contribution is -2.12. The molecule has 0 heterocycles. The second-order valence-corrected chi connectivity index (χ2v) is 4.17. The molecule has 1 aromatic rings. The highest BCUT2D eigenvalue weighted by molar-refractivity contribution is 7.89. The van der Waals surface area contributed by atoms with Gasteiger partial charge in [-0.15, -0.1) is 0 Å². The van der Waals surface area contributed by atoms with Crippen molar-refractivity contribution >= 4 is 10.0 Å². The van der Waals surface area contributed by atoms with Crippen LogP contribution >= 0.6 is 0 Å². The Balaban J connectivity index is 3.20. The molecular weight excluding hydrogens is 206 g/mol. The summed E-state index contributed by atoms with van der Waals surface area (Å²) in [5.41, 5.74) is 0. The normalized spacial score (nSPS) is 11.3. The van der Waals surface area contributed by atoms with Crippen molar-refractivity contribution in [3.63, 3.8) is 0 Å². The molecule has 1 aromatic carbocycles. The van der Waals surface area contributed by atoms with E-state index >= 15 is 0 Å². The summed E-state index contributed by atoms with van der Waals surface area (Å²) in [4.78, 5) is -0.0845. The van der Waals surface area contributed by atoms with Gasteiger partial charge in [0.05, 0.1) is 11.5 Å². The summed E-state index contributed by atoms with van der Waals surface area (Å²) in [6, 6.07) is 3.63. The van der Waals surface area contributed by atoms with Crippen LogP contribution in [0.3, 0.4) is 0 Å². The average Bonchev–Trinajstić information content (AvgIpc) is 2.07. The zero-order valence-electron chi connectivity index (χ0n) is 7.60. The van der Waals surface area contributed by atoms with E-state index in [1.807, 2.05) is 0 Å². The first kappa shape index (κ1) is 10.8. The fraction of sp³-hybridized carbons (Fsp3) is 0.250. The van der Waals surface area contributed by atoms with Gasteiger partial charge in [-0.05, 0) is 19.1 Å². The fourth-order valence-corrected chi connectivity index (χ4v) is 1.47. The standard InChI is InChI=1S/C8H11NO4S/c1-2-13-8-5-6(14(9,11)12)3-4-7(8)10/h3-5,10H,2H2,1H3,(H2,9,11,12). The van der Waals surface area contributed by atoms with Gasteiger partial charge in [-0.25, -0.2) is 13.6 Å². The topological polar surface area (TPSA) is 89.6 Å². The monoisotopic (exact) mass is 217 g/mol. The third-order valence-corrected chi connectivity index (χ3v) is 2.47. The van der Waals surface area contributed by atoms with Gasteiger partial charge >= 0.3 is 0 Å². The zero-order chi connectivity index (χ0) is 10.8. The number of rotatable bonds is 3. The molecule has 0 aliphatic heterocycles. The molecule has 0 atom stereocenters. The molecule has 3 N–H and O–H groups in total. The van der Waals surface area contributed by atoms with Crippen molar-refractivity contribution in [3.05, 3.63) is 18.2 Å². The number of phenols is 1. The van der Waals surface area contributed by atoms with E-state index in [4.69, 9.17) is 9.88 Å². The highest BCUT2D eigenvalue weighted by Crippen LogP contribution is 2.28. The van der Waals surface area contributed by atoms with Crippen molar-refractivity contribution in [2.24, 2.45) is 5.14 Å². The lowest BCUT2D eigenvalue weighted by atomic mass is 10.3. The summed E-state index contributed by atoms with van der Waals surface area (Å²) in [5.74, 6) is -0.00160. The Morgan fingerprint density at radius 2 is 2.14 bits per heavy atom. The predicted octanol–water partition coefficient (Wildman–Crippen LogP) is 0.438. The Kier molecular flexibility index (Phi) is 2.97. The molecule has 0 aromatic heterocycles. The smallest absolute Gasteiger partial charge is 0.238 e. The van der Waals surface area contributed by atoms with Crippen LogP contribution in [0.4, 0.5) is 0 Å². The molecule has 0 aliphatic rings. The minimum absolute atomic E-state index is 0.0845. The Hall–Kier alpha value is -1.27. The lowest BCUT2D eigenvalue weighted by molar-refractivity contribution is 0.317. The molecule has 0 radical (unpaired) electrons. The molecule has 0 aliphatic carbocycles. The SMILES string of the molecule is CCOc1cc(S(N)(=O)=O)ccc1O. The van der Waals surface area contributed by atoms with Crippen molar-refractivity contribution in [3.8, 4) is 11.5 Å². The Morgan fingerprint density at radius 3 is 2.64 bits per heavy atom. The largest absolute Gasteiger partial charge is 0.504 e. The number of ether oxygens (including phenoxy) is 1. The minimum atomic E-state index is -3.75. The van der Waals surface area contributed by atoms with E-state index in [0.29, 0.717) is 6.61 Å². The second kappa shape index (κ2) is 3.85. The quantitative estimate of drug-likeness (QED) is 0.768. The van der Waals surface area contributed by atoms with E-state index in [0.717, 1.165) is 0 Å². The number of phenolic OH excluding ortho intramolecular Hbond substituents is 1. The third-order valence-electron chi connectivity index (χ3n) is 1.56. The van der Waals surface area contributed by atoms with Crippen LogP contribution in [-0.4, -0.2) is 20.1 Å². The van der Waals surface area contributed by atoms with Crippen LogP contribution in [0, 0.1) is 0 Å².